The maximum Gasteiger partial charge on any atom is 3.00 e. The number of hydrogen-bond acceptors (Lipinski definition) is 6. The van der Waals surface area contributed by atoms with Gasteiger partial charge in [0.15, 0.2) is 0 Å². The van der Waals surface area contributed by atoms with Gasteiger partial charge in [0, 0.05) is 39.3 Å². The van der Waals surface area contributed by atoms with Crippen LogP contribution in [0.2, 0.25) is 0 Å². The molecule has 0 aromatic carbocycles. The molecule has 0 atom stereocenters. The molecule has 0 N–H and O–H groups in total. The molecule has 0 aliphatic carbocycles. The molecule has 145 valence electrons. The average Bonchev–Trinajstić information content (AvgIpc) is 2.51. The molecule has 0 unspecified atom stereocenters. The van der Waals surface area contributed by atoms with Crippen molar-refractivity contribution in [3.63, 3.8) is 0 Å². The maximum absolute atomic E-state index is 9.98. The molecule has 10 heteroatoms. The van der Waals surface area contributed by atoms with Crippen LogP contribution in [0.4, 0.5) is 14.4 Å². The van der Waals surface area contributed by atoms with Crippen molar-refractivity contribution in [3.05, 3.63) is 0 Å². The first kappa shape index (κ1) is 31.5. The van der Waals surface area contributed by atoms with Crippen molar-refractivity contribution in [2.45, 2.75) is 41.5 Å². The Balaban J connectivity index is -0.000000130. The second-order valence-electron chi connectivity index (χ2n) is 4.31. The third kappa shape index (κ3) is 18.9. The Morgan fingerprint density at radius 3 is 0.640 bits per heavy atom. The summed E-state index contributed by atoms with van der Waals surface area (Å²) in [5.74, 6) is 0. The minimum absolute atomic E-state index is 0. The van der Waals surface area contributed by atoms with Gasteiger partial charge in [-0.1, -0.05) is 0 Å². The number of rotatable bonds is 6. The van der Waals surface area contributed by atoms with Crippen LogP contribution >= 0.6 is 0 Å². The number of carbonyl (C=O) groups excluding carboxylic acids is 3. The zero-order chi connectivity index (χ0) is 19.7. The molecule has 0 aromatic heterocycles. The zero-order valence-corrected chi connectivity index (χ0v) is 18.5. The fourth-order valence-corrected chi connectivity index (χ4v) is 1.45. The standard InChI is InChI=1S/3C5H11NO2.Zr/c3*1-3-6(4-2)5(7)8;/h3*3-4H2,1-2H3,(H,7,8);/q;;;+3/p-3. The number of nitrogens with zero attached hydrogens (tertiary/aromatic N) is 3. The van der Waals surface area contributed by atoms with Crippen molar-refractivity contribution in [3.8, 4) is 0 Å². The summed E-state index contributed by atoms with van der Waals surface area (Å²) in [5.41, 5.74) is 0. The van der Waals surface area contributed by atoms with Gasteiger partial charge in [0.25, 0.3) is 0 Å². The molecule has 0 aliphatic rings. The molecule has 0 bridgehead atoms. The van der Waals surface area contributed by atoms with E-state index in [0.717, 1.165) is 0 Å². The van der Waals surface area contributed by atoms with Gasteiger partial charge < -0.3 is 44.4 Å². The van der Waals surface area contributed by atoms with Gasteiger partial charge in [-0.05, 0) is 41.5 Å². The van der Waals surface area contributed by atoms with Crippen LogP contribution in [0.5, 0.6) is 0 Å². The van der Waals surface area contributed by atoms with Crippen LogP contribution in [0.3, 0.4) is 0 Å². The van der Waals surface area contributed by atoms with Crippen molar-refractivity contribution in [1.82, 2.24) is 14.7 Å². The predicted octanol–water partition coefficient (Wildman–Crippen LogP) is -0.988. The van der Waals surface area contributed by atoms with Crippen LogP contribution in [0, 0.1) is 0 Å². The molecule has 3 amide bonds. The molecule has 0 aromatic rings. The van der Waals surface area contributed by atoms with Gasteiger partial charge in [-0.15, -0.1) is 0 Å². The summed E-state index contributed by atoms with van der Waals surface area (Å²) in [6.07, 6.45) is -3.26. The van der Waals surface area contributed by atoms with E-state index in [1.165, 1.54) is 14.7 Å². The van der Waals surface area contributed by atoms with Crippen LogP contribution in [0.1, 0.15) is 41.5 Å². The molecule has 0 aliphatic heterocycles. The van der Waals surface area contributed by atoms with E-state index in [2.05, 4.69) is 0 Å². The van der Waals surface area contributed by atoms with Crippen LogP contribution in [0.15, 0.2) is 0 Å². The number of carboxylic acid groups (broad SMARTS) is 3. The summed E-state index contributed by atoms with van der Waals surface area (Å²) >= 11 is 0. The van der Waals surface area contributed by atoms with Crippen molar-refractivity contribution in [2.75, 3.05) is 39.3 Å². The summed E-state index contributed by atoms with van der Waals surface area (Å²) in [6.45, 7) is 13.7. The van der Waals surface area contributed by atoms with E-state index in [1.54, 1.807) is 41.5 Å². The second-order valence-corrected chi connectivity index (χ2v) is 4.31. The Labute approximate surface area is 169 Å². The summed E-state index contributed by atoms with van der Waals surface area (Å²) in [4.78, 5) is 33.6. The van der Waals surface area contributed by atoms with E-state index in [0.29, 0.717) is 39.3 Å². The molecule has 1 radical (unpaired) electrons. The summed E-state index contributed by atoms with van der Waals surface area (Å²) in [7, 11) is 0. The number of amides is 3. The first-order chi connectivity index (χ1) is 11.2. The molecule has 0 fully saturated rings. The van der Waals surface area contributed by atoms with E-state index >= 15 is 0 Å². The van der Waals surface area contributed by atoms with Gasteiger partial charge in [0.05, 0.1) is 0 Å². The van der Waals surface area contributed by atoms with Gasteiger partial charge in [-0.3, -0.25) is 0 Å². The van der Waals surface area contributed by atoms with Crippen molar-refractivity contribution in [2.24, 2.45) is 0 Å². The van der Waals surface area contributed by atoms with E-state index in [1.807, 2.05) is 0 Å². The number of carbonyl (C=O) groups is 3. The molecule has 25 heavy (non-hydrogen) atoms. The van der Waals surface area contributed by atoms with Crippen LogP contribution in [-0.4, -0.2) is 72.2 Å². The van der Waals surface area contributed by atoms with Crippen molar-refractivity contribution >= 4 is 18.3 Å². The van der Waals surface area contributed by atoms with Gasteiger partial charge in [-0.2, -0.15) is 0 Å². The minimum atomic E-state index is -1.09. The average molecular weight is 440 g/mol. The zero-order valence-electron chi connectivity index (χ0n) is 16.0. The normalized spacial score (nSPS) is 8.40. The Morgan fingerprint density at radius 1 is 0.520 bits per heavy atom. The smallest absolute Gasteiger partial charge is 0.530 e. The Kier molecular flexibility index (Phi) is 26.1. The van der Waals surface area contributed by atoms with Crippen LogP contribution in [-0.2, 0) is 26.2 Å². The van der Waals surface area contributed by atoms with E-state index in [-0.39, 0.29) is 26.2 Å². The van der Waals surface area contributed by atoms with Gasteiger partial charge in [0.2, 0.25) is 0 Å². The molecule has 0 saturated heterocycles. The van der Waals surface area contributed by atoms with Crippen LogP contribution in [0.25, 0.3) is 0 Å². The first-order valence-corrected chi connectivity index (χ1v) is 8.04. The third-order valence-corrected chi connectivity index (χ3v) is 3.06. The molecule has 9 nitrogen and oxygen atoms in total. The Hall–Kier alpha value is -1.31. The Morgan fingerprint density at radius 2 is 0.640 bits per heavy atom. The summed E-state index contributed by atoms with van der Waals surface area (Å²) in [6, 6.07) is 0. The van der Waals surface area contributed by atoms with E-state index in [4.69, 9.17) is 0 Å². The van der Waals surface area contributed by atoms with E-state index in [9.17, 15) is 29.7 Å². The first-order valence-electron chi connectivity index (χ1n) is 8.04. The number of hydrogen-bond donors (Lipinski definition) is 0. The largest absolute Gasteiger partial charge is 3.00 e. The molecule has 0 spiro atoms. The van der Waals surface area contributed by atoms with E-state index < -0.39 is 18.3 Å². The van der Waals surface area contributed by atoms with Gasteiger partial charge in [0.1, 0.15) is 18.3 Å². The topological polar surface area (TPSA) is 130 Å². The third-order valence-electron chi connectivity index (χ3n) is 3.06. The van der Waals surface area contributed by atoms with Crippen molar-refractivity contribution < 1.29 is 55.9 Å². The molecule has 0 heterocycles. The van der Waals surface area contributed by atoms with Gasteiger partial charge >= 0.3 is 26.2 Å². The quantitative estimate of drug-likeness (QED) is 0.522. The molecule has 0 saturated carbocycles. The monoisotopic (exact) mass is 438 g/mol. The maximum atomic E-state index is 9.98. The predicted molar refractivity (Wildman–Crippen MR) is 85.0 cm³/mol. The fourth-order valence-electron chi connectivity index (χ4n) is 1.45. The second kappa shape index (κ2) is 20.7. The minimum Gasteiger partial charge on any atom is -0.530 e. The molecular formula is C15H30N3O6Zr. The summed E-state index contributed by atoms with van der Waals surface area (Å²) < 4.78 is 0. The fraction of sp³-hybridized carbons (Fsp3) is 0.800. The SMILES string of the molecule is CCN(CC)C(=O)[O-].CCN(CC)C(=O)[O-].CCN(CC)C(=O)[O-].[Zr+3]. The van der Waals surface area contributed by atoms with Crippen LogP contribution < -0.4 is 15.3 Å². The van der Waals surface area contributed by atoms with Gasteiger partial charge in [-0.25, -0.2) is 0 Å². The molecular weight excluding hydrogens is 409 g/mol. The summed E-state index contributed by atoms with van der Waals surface area (Å²) in [5, 5.41) is 29.9. The Bertz CT molecular complexity index is 294. The molecule has 0 rings (SSSR count). The van der Waals surface area contributed by atoms with Crippen molar-refractivity contribution in [1.29, 1.82) is 0 Å².